The van der Waals surface area contributed by atoms with E-state index in [1.165, 1.54) is 0 Å². The van der Waals surface area contributed by atoms with Gasteiger partial charge in [-0.1, -0.05) is 0 Å². The van der Waals surface area contributed by atoms with Crippen LogP contribution in [0.5, 0.6) is 0 Å². The van der Waals surface area contributed by atoms with Crippen molar-refractivity contribution >= 4 is 11.9 Å². The molecule has 16 heavy (non-hydrogen) atoms. The second-order valence-corrected chi connectivity index (χ2v) is 5.81. The second-order valence-electron chi connectivity index (χ2n) is 5.81. The number of nitrogens with zero attached hydrogens (tertiary/aromatic N) is 1. The lowest BCUT2D eigenvalue weighted by molar-refractivity contribution is -0.121. The first-order chi connectivity index (χ1) is 7.29. The van der Waals surface area contributed by atoms with Crippen LogP contribution in [0.4, 0.5) is 4.79 Å². The van der Waals surface area contributed by atoms with Crippen LogP contribution in [0.2, 0.25) is 0 Å². The van der Waals surface area contributed by atoms with Crippen LogP contribution in [0.3, 0.4) is 0 Å². The molecule has 2 aliphatic rings. The molecule has 0 aromatic rings. The van der Waals surface area contributed by atoms with Crippen molar-refractivity contribution in [3.8, 4) is 0 Å². The zero-order valence-electron chi connectivity index (χ0n) is 10.3. The smallest absolute Gasteiger partial charge is 0.411 e. The van der Waals surface area contributed by atoms with E-state index in [1.54, 1.807) is 11.8 Å². The van der Waals surface area contributed by atoms with Crippen LogP contribution in [-0.2, 0) is 9.53 Å². The van der Waals surface area contributed by atoms with Crippen LogP contribution < -0.4 is 0 Å². The van der Waals surface area contributed by atoms with Gasteiger partial charge in [0.15, 0.2) is 5.78 Å². The Morgan fingerprint density at radius 1 is 1.25 bits per heavy atom. The number of hydrogen-bond acceptors (Lipinski definition) is 3. The van der Waals surface area contributed by atoms with Gasteiger partial charge in [0, 0.05) is 6.04 Å². The lowest BCUT2D eigenvalue weighted by atomic mass is 10.1. The van der Waals surface area contributed by atoms with Gasteiger partial charge in [-0.2, -0.15) is 0 Å². The minimum atomic E-state index is -0.495. The van der Waals surface area contributed by atoms with Gasteiger partial charge >= 0.3 is 6.09 Å². The summed E-state index contributed by atoms with van der Waals surface area (Å²) in [6, 6.07) is 0.00218. The predicted molar refractivity (Wildman–Crippen MR) is 59.1 cm³/mol. The van der Waals surface area contributed by atoms with Crippen molar-refractivity contribution in [2.24, 2.45) is 5.92 Å². The normalized spacial score (nSPS) is 32.2. The Hall–Kier alpha value is -1.06. The van der Waals surface area contributed by atoms with E-state index in [9.17, 15) is 9.59 Å². The molecule has 4 nitrogen and oxygen atoms in total. The molecule has 2 rings (SSSR count). The molecule has 2 unspecified atom stereocenters. The van der Waals surface area contributed by atoms with E-state index in [4.69, 9.17) is 4.74 Å². The average molecular weight is 225 g/mol. The van der Waals surface area contributed by atoms with Crippen LogP contribution in [0.25, 0.3) is 0 Å². The van der Waals surface area contributed by atoms with Crippen molar-refractivity contribution < 1.29 is 14.3 Å². The fraction of sp³-hybridized carbons (Fsp3) is 0.833. The van der Waals surface area contributed by atoms with Crippen molar-refractivity contribution in [3.05, 3.63) is 0 Å². The van der Waals surface area contributed by atoms with Crippen LogP contribution in [-0.4, -0.2) is 34.5 Å². The first kappa shape index (κ1) is 11.4. The van der Waals surface area contributed by atoms with Gasteiger partial charge in [-0.3, -0.25) is 9.69 Å². The Balaban J connectivity index is 2.07. The number of amides is 1. The Morgan fingerprint density at radius 2 is 1.88 bits per heavy atom. The Bertz CT molecular complexity index is 332. The molecule has 90 valence electrons. The van der Waals surface area contributed by atoms with Gasteiger partial charge in [0.1, 0.15) is 5.60 Å². The van der Waals surface area contributed by atoms with Crippen LogP contribution in [0.1, 0.15) is 40.5 Å². The summed E-state index contributed by atoms with van der Waals surface area (Å²) >= 11 is 0. The molecule has 1 saturated heterocycles. The molecule has 0 N–H and O–H groups in total. The SMILES string of the molecule is CC(=O)[C@@H]1CC2CC2N1C(=O)OC(C)(C)C. The Kier molecular flexibility index (Phi) is 2.48. The first-order valence-electron chi connectivity index (χ1n) is 5.81. The molecule has 0 bridgehead atoms. The van der Waals surface area contributed by atoms with E-state index in [1.807, 2.05) is 20.8 Å². The Morgan fingerprint density at radius 3 is 2.38 bits per heavy atom. The number of fused-ring (bicyclic) bond motifs is 1. The number of carbonyl (C=O) groups excluding carboxylic acids is 2. The van der Waals surface area contributed by atoms with E-state index in [0.29, 0.717) is 5.92 Å². The van der Waals surface area contributed by atoms with Crippen molar-refractivity contribution in [2.45, 2.75) is 58.2 Å². The zero-order chi connectivity index (χ0) is 12.1. The number of carbonyl (C=O) groups is 2. The molecule has 1 aliphatic carbocycles. The highest BCUT2D eigenvalue weighted by Crippen LogP contribution is 2.48. The lowest BCUT2D eigenvalue weighted by Gasteiger charge is -2.29. The largest absolute Gasteiger partial charge is 0.444 e. The van der Waals surface area contributed by atoms with Gasteiger partial charge < -0.3 is 4.74 Å². The topological polar surface area (TPSA) is 46.6 Å². The van der Waals surface area contributed by atoms with Crippen molar-refractivity contribution in [1.29, 1.82) is 0 Å². The molecule has 1 saturated carbocycles. The number of ether oxygens (including phenoxy) is 1. The molecule has 0 aromatic heterocycles. The fourth-order valence-corrected chi connectivity index (χ4v) is 2.40. The fourth-order valence-electron chi connectivity index (χ4n) is 2.40. The third kappa shape index (κ3) is 2.06. The lowest BCUT2D eigenvalue weighted by Crippen LogP contribution is -2.44. The molecular weight excluding hydrogens is 206 g/mol. The number of Topliss-reactive ketones (excluding diaryl/α,β-unsaturated/α-hetero) is 1. The summed E-state index contributed by atoms with van der Waals surface area (Å²) < 4.78 is 5.33. The van der Waals surface area contributed by atoms with E-state index < -0.39 is 5.60 Å². The number of hydrogen-bond donors (Lipinski definition) is 0. The molecule has 1 amide bonds. The van der Waals surface area contributed by atoms with E-state index in [0.717, 1.165) is 12.8 Å². The maximum Gasteiger partial charge on any atom is 0.411 e. The first-order valence-corrected chi connectivity index (χ1v) is 5.81. The molecule has 1 aliphatic heterocycles. The van der Waals surface area contributed by atoms with Gasteiger partial charge in [0.25, 0.3) is 0 Å². The highest BCUT2D eigenvalue weighted by atomic mass is 16.6. The average Bonchev–Trinajstić information content (AvgIpc) is 2.73. The predicted octanol–water partition coefficient (Wildman–Crippen LogP) is 1.97. The molecule has 0 spiro atoms. The van der Waals surface area contributed by atoms with Crippen molar-refractivity contribution in [3.63, 3.8) is 0 Å². The minimum absolute atomic E-state index is 0.0676. The quantitative estimate of drug-likeness (QED) is 0.685. The summed E-state index contributed by atoms with van der Waals surface area (Å²) in [5, 5.41) is 0. The summed E-state index contributed by atoms with van der Waals surface area (Å²) in [6.45, 7) is 7.07. The number of likely N-dealkylation sites (tertiary alicyclic amines) is 1. The number of piperidine rings is 1. The monoisotopic (exact) mass is 225 g/mol. The summed E-state index contributed by atoms with van der Waals surface area (Å²) in [5.41, 5.74) is -0.495. The van der Waals surface area contributed by atoms with E-state index in [-0.39, 0.29) is 24.0 Å². The zero-order valence-corrected chi connectivity index (χ0v) is 10.3. The molecule has 0 aromatic carbocycles. The third-order valence-electron chi connectivity index (χ3n) is 3.18. The van der Waals surface area contributed by atoms with Crippen molar-refractivity contribution in [1.82, 2.24) is 4.90 Å². The van der Waals surface area contributed by atoms with E-state index >= 15 is 0 Å². The van der Waals surface area contributed by atoms with Gasteiger partial charge in [0.2, 0.25) is 0 Å². The maximum atomic E-state index is 12.0. The van der Waals surface area contributed by atoms with E-state index in [2.05, 4.69) is 0 Å². The van der Waals surface area contributed by atoms with Gasteiger partial charge in [-0.05, 0) is 46.5 Å². The summed E-state index contributed by atoms with van der Waals surface area (Å²) in [7, 11) is 0. The van der Waals surface area contributed by atoms with Crippen LogP contribution in [0.15, 0.2) is 0 Å². The van der Waals surface area contributed by atoms with Crippen LogP contribution >= 0.6 is 0 Å². The van der Waals surface area contributed by atoms with Gasteiger partial charge in [-0.25, -0.2) is 4.79 Å². The Labute approximate surface area is 95.9 Å². The van der Waals surface area contributed by atoms with Gasteiger partial charge in [-0.15, -0.1) is 0 Å². The minimum Gasteiger partial charge on any atom is -0.444 e. The highest BCUT2D eigenvalue weighted by Gasteiger charge is 2.56. The highest BCUT2D eigenvalue weighted by molar-refractivity contribution is 5.86. The third-order valence-corrected chi connectivity index (χ3v) is 3.18. The molecule has 4 heteroatoms. The molecule has 3 atom stereocenters. The van der Waals surface area contributed by atoms with Gasteiger partial charge in [0.05, 0.1) is 6.04 Å². The summed E-state index contributed by atoms with van der Waals surface area (Å²) in [5.74, 6) is 0.597. The second kappa shape index (κ2) is 3.47. The summed E-state index contributed by atoms with van der Waals surface area (Å²) in [6.07, 6.45) is 1.51. The number of rotatable bonds is 1. The standard InChI is InChI=1S/C12H19NO3/c1-7(14)9-5-8-6-10(8)13(9)11(15)16-12(2,3)4/h8-10H,5-6H2,1-4H3/t8?,9-,10?/m0/s1. The molecular formula is C12H19NO3. The number of ketones is 1. The van der Waals surface area contributed by atoms with Crippen molar-refractivity contribution in [2.75, 3.05) is 0 Å². The molecule has 1 heterocycles. The maximum absolute atomic E-state index is 12.0. The summed E-state index contributed by atoms with van der Waals surface area (Å²) in [4.78, 5) is 25.1. The molecule has 2 fully saturated rings. The molecule has 0 radical (unpaired) electrons. The van der Waals surface area contributed by atoms with Crippen LogP contribution in [0, 0.1) is 5.92 Å².